The van der Waals surface area contributed by atoms with Crippen LogP contribution in [0, 0.1) is 9.49 Å². The van der Waals surface area contributed by atoms with E-state index in [4.69, 9.17) is 5.11 Å². The van der Waals surface area contributed by atoms with Crippen LogP contribution in [0.15, 0.2) is 24.3 Å². The van der Waals surface area contributed by atoms with Crippen LogP contribution in [0.1, 0.15) is 13.3 Å². The van der Waals surface area contributed by atoms with E-state index in [1.54, 1.807) is 11.8 Å². The lowest BCUT2D eigenvalue weighted by molar-refractivity contribution is -0.142. The Bertz CT molecular complexity index is 506. The number of hydrogen-bond acceptors (Lipinski definition) is 2. The number of para-hydroxylation sites is 1. The number of carbonyl (C=O) groups excluding carboxylic acids is 1. The van der Waals surface area contributed by atoms with Crippen molar-refractivity contribution in [1.82, 2.24) is 4.90 Å². The quantitative estimate of drug-likeness (QED) is 0.782. The van der Waals surface area contributed by atoms with E-state index in [1.165, 1.54) is 0 Å². The van der Waals surface area contributed by atoms with Gasteiger partial charge in [-0.1, -0.05) is 12.1 Å². The molecule has 1 fully saturated rings. The van der Waals surface area contributed by atoms with Gasteiger partial charge in [0.1, 0.15) is 0 Å². The molecule has 0 aromatic heterocycles. The van der Waals surface area contributed by atoms with Crippen LogP contribution >= 0.6 is 22.6 Å². The summed E-state index contributed by atoms with van der Waals surface area (Å²) in [6.07, 6.45) is 0.510. The van der Waals surface area contributed by atoms with Crippen molar-refractivity contribution in [3.05, 3.63) is 27.8 Å². The standard InChI is InChI=1S/C13H15IN2O3/c1-8-9(12(17)18)6-7-16(8)13(19)15-11-5-3-2-4-10(11)14/h2-5,8-9H,6-7H2,1H3,(H,15,19)(H,17,18). The summed E-state index contributed by atoms with van der Waals surface area (Å²) in [6.45, 7) is 2.26. The molecular formula is C13H15IN2O3. The van der Waals surface area contributed by atoms with E-state index >= 15 is 0 Å². The summed E-state index contributed by atoms with van der Waals surface area (Å²) in [6, 6.07) is 6.97. The van der Waals surface area contributed by atoms with Crippen molar-refractivity contribution >= 4 is 40.3 Å². The Morgan fingerprint density at radius 2 is 2.11 bits per heavy atom. The summed E-state index contributed by atoms with van der Waals surface area (Å²) in [4.78, 5) is 24.8. The molecule has 0 radical (unpaired) electrons. The number of halogens is 1. The monoisotopic (exact) mass is 374 g/mol. The van der Waals surface area contributed by atoms with Gasteiger partial charge in [-0.05, 0) is 48.1 Å². The number of amides is 2. The lowest BCUT2D eigenvalue weighted by Crippen LogP contribution is -2.40. The minimum Gasteiger partial charge on any atom is -0.481 e. The first-order chi connectivity index (χ1) is 9.00. The first-order valence-electron chi connectivity index (χ1n) is 6.05. The van der Waals surface area contributed by atoms with Gasteiger partial charge < -0.3 is 15.3 Å². The number of nitrogens with zero attached hydrogens (tertiary/aromatic N) is 1. The number of carboxylic acid groups (broad SMARTS) is 1. The van der Waals surface area contributed by atoms with Crippen LogP contribution in [0.4, 0.5) is 10.5 Å². The van der Waals surface area contributed by atoms with E-state index in [-0.39, 0.29) is 12.1 Å². The van der Waals surface area contributed by atoms with Crippen molar-refractivity contribution in [1.29, 1.82) is 0 Å². The molecule has 102 valence electrons. The SMILES string of the molecule is CC1C(C(=O)O)CCN1C(=O)Nc1ccccc1I. The van der Waals surface area contributed by atoms with E-state index in [9.17, 15) is 9.59 Å². The van der Waals surface area contributed by atoms with Crippen molar-refractivity contribution in [3.63, 3.8) is 0 Å². The zero-order chi connectivity index (χ0) is 14.0. The first-order valence-corrected chi connectivity index (χ1v) is 7.13. The van der Waals surface area contributed by atoms with Crippen molar-refractivity contribution in [2.24, 2.45) is 5.92 Å². The molecule has 1 saturated heterocycles. The first kappa shape index (κ1) is 14.1. The van der Waals surface area contributed by atoms with E-state index in [0.717, 1.165) is 9.26 Å². The molecule has 1 aliphatic heterocycles. The minimum atomic E-state index is -0.836. The third-order valence-electron chi connectivity index (χ3n) is 3.45. The van der Waals surface area contributed by atoms with Crippen molar-refractivity contribution in [2.45, 2.75) is 19.4 Å². The molecule has 2 atom stereocenters. The lowest BCUT2D eigenvalue weighted by Gasteiger charge is -2.23. The highest BCUT2D eigenvalue weighted by Crippen LogP contribution is 2.26. The van der Waals surface area contributed by atoms with Crippen LogP contribution in [0.5, 0.6) is 0 Å². The summed E-state index contributed by atoms with van der Waals surface area (Å²) in [7, 11) is 0. The Kier molecular flexibility index (Phi) is 4.28. The van der Waals surface area contributed by atoms with Crippen LogP contribution in [0.2, 0.25) is 0 Å². The molecule has 0 spiro atoms. The molecule has 0 aliphatic carbocycles. The molecular weight excluding hydrogens is 359 g/mol. The van der Waals surface area contributed by atoms with Gasteiger partial charge in [0.05, 0.1) is 11.6 Å². The molecule has 0 saturated carbocycles. The second-order valence-corrected chi connectivity index (χ2v) is 5.74. The largest absolute Gasteiger partial charge is 0.481 e. The number of benzene rings is 1. The maximum Gasteiger partial charge on any atom is 0.322 e. The predicted octanol–water partition coefficient (Wildman–Crippen LogP) is 2.62. The predicted molar refractivity (Wildman–Crippen MR) is 80.1 cm³/mol. The molecule has 1 aliphatic rings. The Hall–Kier alpha value is -1.31. The smallest absolute Gasteiger partial charge is 0.322 e. The maximum atomic E-state index is 12.2. The lowest BCUT2D eigenvalue weighted by atomic mass is 10.0. The average molecular weight is 374 g/mol. The van der Waals surface area contributed by atoms with Gasteiger partial charge in [-0.25, -0.2) is 4.79 Å². The zero-order valence-corrected chi connectivity index (χ0v) is 12.6. The number of hydrogen-bond donors (Lipinski definition) is 2. The fourth-order valence-electron chi connectivity index (χ4n) is 2.31. The van der Waals surface area contributed by atoms with Crippen LogP contribution in [-0.4, -0.2) is 34.6 Å². The van der Waals surface area contributed by atoms with Gasteiger partial charge in [-0.3, -0.25) is 4.79 Å². The highest BCUT2D eigenvalue weighted by atomic mass is 127. The molecule has 2 N–H and O–H groups in total. The topological polar surface area (TPSA) is 69.6 Å². The zero-order valence-electron chi connectivity index (χ0n) is 10.5. The van der Waals surface area contributed by atoms with E-state index < -0.39 is 11.9 Å². The Morgan fingerprint density at radius 3 is 2.68 bits per heavy atom. The molecule has 1 aromatic carbocycles. The van der Waals surface area contributed by atoms with Crippen molar-refractivity contribution in [3.8, 4) is 0 Å². The molecule has 6 heteroatoms. The van der Waals surface area contributed by atoms with Crippen LogP contribution < -0.4 is 5.32 Å². The number of nitrogens with one attached hydrogen (secondary N) is 1. The van der Waals surface area contributed by atoms with E-state index in [0.29, 0.717) is 13.0 Å². The second kappa shape index (κ2) is 5.77. The van der Waals surface area contributed by atoms with Gasteiger partial charge in [0.2, 0.25) is 0 Å². The third kappa shape index (κ3) is 2.99. The fraction of sp³-hybridized carbons (Fsp3) is 0.385. The Balaban J connectivity index is 2.06. The summed E-state index contributed by atoms with van der Waals surface area (Å²) in [5.41, 5.74) is 0.749. The number of aliphatic carboxylic acids is 1. The summed E-state index contributed by atoms with van der Waals surface area (Å²) >= 11 is 2.15. The normalized spacial score (nSPS) is 22.3. The van der Waals surface area contributed by atoms with E-state index in [2.05, 4.69) is 27.9 Å². The molecule has 1 heterocycles. The molecule has 19 heavy (non-hydrogen) atoms. The Labute approximate surface area is 125 Å². The number of rotatable bonds is 2. The molecule has 1 aromatic rings. The molecule has 2 unspecified atom stereocenters. The van der Waals surface area contributed by atoms with Crippen molar-refractivity contribution < 1.29 is 14.7 Å². The highest BCUT2D eigenvalue weighted by Gasteiger charge is 2.38. The number of carboxylic acids is 1. The summed E-state index contributed by atoms with van der Waals surface area (Å²) in [5.74, 6) is -1.31. The fourth-order valence-corrected chi connectivity index (χ4v) is 2.83. The van der Waals surface area contributed by atoms with Gasteiger partial charge in [0.15, 0.2) is 0 Å². The molecule has 2 rings (SSSR count). The summed E-state index contributed by atoms with van der Waals surface area (Å²) in [5, 5.41) is 11.9. The molecule has 2 amide bonds. The molecule has 0 bridgehead atoms. The number of anilines is 1. The Morgan fingerprint density at radius 1 is 1.42 bits per heavy atom. The van der Waals surface area contributed by atoms with Crippen molar-refractivity contribution in [2.75, 3.05) is 11.9 Å². The van der Waals surface area contributed by atoms with Crippen LogP contribution in [0.3, 0.4) is 0 Å². The van der Waals surface area contributed by atoms with Gasteiger partial charge in [-0.2, -0.15) is 0 Å². The highest BCUT2D eigenvalue weighted by molar-refractivity contribution is 14.1. The van der Waals surface area contributed by atoms with Crippen LogP contribution in [-0.2, 0) is 4.79 Å². The minimum absolute atomic E-state index is 0.236. The van der Waals surface area contributed by atoms with Crippen LogP contribution in [0.25, 0.3) is 0 Å². The van der Waals surface area contributed by atoms with Gasteiger partial charge in [0.25, 0.3) is 0 Å². The van der Waals surface area contributed by atoms with E-state index in [1.807, 2.05) is 24.3 Å². The summed E-state index contributed by atoms with van der Waals surface area (Å²) < 4.78 is 0.954. The second-order valence-electron chi connectivity index (χ2n) is 4.58. The number of likely N-dealkylation sites (tertiary alicyclic amines) is 1. The average Bonchev–Trinajstić information content (AvgIpc) is 2.74. The van der Waals surface area contributed by atoms with Gasteiger partial charge >= 0.3 is 12.0 Å². The molecule has 5 nitrogen and oxygen atoms in total. The number of urea groups is 1. The third-order valence-corrected chi connectivity index (χ3v) is 4.39. The van der Waals surface area contributed by atoms with Gasteiger partial charge in [0, 0.05) is 16.2 Å². The maximum absolute atomic E-state index is 12.2. The van der Waals surface area contributed by atoms with Gasteiger partial charge in [-0.15, -0.1) is 0 Å². The number of carbonyl (C=O) groups is 2.